The second-order valence-electron chi connectivity index (χ2n) is 9.43. The van der Waals surface area contributed by atoms with Crippen molar-refractivity contribution in [2.45, 2.75) is 37.5 Å². The van der Waals surface area contributed by atoms with Gasteiger partial charge in [-0.05, 0) is 41.0 Å². The number of hydrogen-bond donors (Lipinski definition) is 1. The standard InChI is InChI=1S/C30H28N2O2/c33-28(15-8-16-29-32-19-27(34-29)20-9-2-1-3-10-20)31-18-21-17-26-22-11-4-6-13-24(22)30(21)25-14-7-5-12-23(25)26/h1-7,9-14,19,21,26,30H,8,15-18H2,(H,31,33). The Labute approximate surface area is 200 Å². The highest BCUT2D eigenvalue weighted by Crippen LogP contribution is 2.55. The van der Waals surface area contributed by atoms with Gasteiger partial charge in [-0.15, -0.1) is 0 Å². The molecule has 3 aromatic carbocycles. The third-order valence-electron chi connectivity index (χ3n) is 7.39. The van der Waals surface area contributed by atoms with Gasteiger partial charge in [0.2, 0.25) is 5.91 Å². The van der Waals surface area contributed by atoms with E-state index < -0.39 is 0 Å². The molecule has 1 amide bonds. The molecule has 0 spiro atoms. The number of rotatable bonds is 7. The summed E-state index contributed by atoms with van der Waals surface area (Å²) in [5.41, 5.74) is 6.83. The average Bonchev–Trinajstić information content (AvgIpc) is 3.37. The van der Waals surface area contributed by atoms with Gasteiger partial charge in [0.15, 0.2) is 11.7 Å². The molecule has 4 nitrogen and oxygen atoms in total. The van der Waals surface area contributed by atoms with E-state index in [9.17, 15) is 4.79 Å². The monoisotopic (exact) mass is 448 g/mol. The highest BCUT2D eigenvalue weighted by atomic mass is 16.4. The van der Waals surface area contributed by atoms with E-state index in [1.54, 1.807) is 6.20 Å². The summed E-state index contributed by atoms with van der Waals surface area (Å²) in [6.07, 6.45) is 4.73. The van der Waals surface area contributed by atoms with E-state index in [0.29, 0.717) is 36.5 Å². The van der Waals surface area contributed by atoms with Crippen LogP contribution in [0, 0.1) is 5.92 Å². The number of benzene rings is 3. The first-order valence-electron chi connectivity index (χ1n) is 12.2. The first-order chi connectivity index (χ1) is 16.8. The molecule has 7 rings (SSSR count). The van der Waals surface area contributed by atoms with Gasteiger partial charge in [-0.1, -0.05) is 78.9 Å². The van der Waals surface area contributed by atoms with Crippen molar-refractivity contribution >= 4 is 5.91 Å². The minimum atomic E-state index is 0.109. The number of oxazole rings is 1. The van der Waals surface area contributed by atoms with Gasteiger partial charge in [0.1, 0.15) is 0 Å². The molecule has 0 aliphatic heterocycles. The first-order valence-corrected chi connectivity index (χ1v) is 12.2. The highest BCUT2D eigenvalue weighted by molar-refractivity contribution is 5.76. The molecule has 0 radical (unpaired) electrons. The topological polar surface area (TPSA) is 55.1 Å². The smallest absolute Gasteiger partial charge is 0.220 e. The van der Waals surface area contributed by atoms with E-state index in [1.807, 2.05) is 30.3 Å². The van der Waals surface area contributed by atoms with Gasteiger partial charge in [-0.2, -0.15) is 0 Å². The highest BCUT2D eigenvalue weighted by Gasteiger charge is 2.42. The molecule has 4 aromatic rings. The van der Waals surface area contributed by atoms with Crippen molar-refractivity contribution in [3.05, 3.63) is 113 Å². The number of amides is 1. The number of aromatic nitrogens is 1. The van der Waals surface area contributed by atoms with Crippen molar-refractivity contribution in [1.29, 1.82) is 0 Å². The molecule has 3 aliphatic carbocycles. The number of fused-ring (bicyclic) bond motifs is 1. The molecule has 0 saturated carbocycles. The molecule has 34 heavy (non-hydrogen) atoms. The third-order valence-corrected chi connectivity index (χ3v) is 7.39. The van der Waals surface area contributed by atoms with Crippen LogP contribution in [0.3, 0.4) is 0 Å². The molecule has 1 N–H and O–H groups in total. The van der Waals surface area contributed by atoms with Crippen molar-refractivity contribution in [2.24, 2.45) is 5.92 Å². The number of nitrogens with zero attached hydrogens (tertiary/aromatic N) is 1. The molecule has 1 aromatic heterocycles. The van der Waals surface area contributed by atoms with Gasteiger partial charge in [0, 0.05) is 36.8 Å². The fourth-order valence-electron chi connectivity index (χ4n) is 5.86. The maximum absolute atomic E-state index is 12.6. The second kappa shape index (κ2) is 8.94. The van der Waals surface area contributed by atoms with Gasteiger partial charge in [0.05, 0.1) is 6.20 Å². The van der Waals surface area contributed by atoms with Crippen molar-refractivity contribution < 1.29 is 9.21 Å². The zero-order chi connectivity index (χ0) is 22.9. The lowest BCUT2D eigenvalue weighted by atomic mass is 9.59. The summed E-state index contributed by atoms with van der Waals surface area (Å²) in [5.74, 6) is 2.79. The van der Waals surface area contributed by atoms with Crippen LogP contribution in [-0.2, 0) is 11.2 Å². The molecular formula is C30H28N2O2. The molecule has 1 heterocycles. The van der Waals surface area contributed by atoms with Gasteiger partial charge in [0.25, 0.3) is 0 Å². The maximum Gasteiger partial charge on any atom is 0.220 e. The number of carbonyl (C=O) groups is 1. The molecular weight excluding hydrogens is 420 g/mol. The van der Waals surface area contributed by atoms with Crippen LogP contribution < -0.4 is 5.32 Å². The van der Waals surface area contributed by atoms with E-state index in [0.717, 1.165) is 30.7 Å². The normalized spacial score (nSPS) is 19.9. The van der Waals surface area contributed by atoms with E-state index >= 15 is 0 Å². The molecule has 1 unspecified atom stereocenters. The number of hydrogen-bond acceptors (Lipinski definition) is 3. The SMILES string of the molecule is O=C(CCCc1ncc(-c2ccccc2)o1)NCC1CC2c3ccccc3C1c1ccccc12. The zero-order valence-electron chi connectivity index (χ0n) is 19.1. The minimum absolute atomic E-state index is 0.109. The van der Waals surface area contributed by atoms with Crippen LogP contribution in [-0.4, -0.2) is 17.4 Å². The molecule has 0 saturated heterocycles. The van der Waals surface area contributed by atoms with Crippen LogP contribution in [0.4, 0.5) is 0 Å². The summed E-state index contributed by atoms with van der Waals surface area (Å²) < 4.78 is 5.86. The van der Waals surface area contributed by atoms with Crippen LogP contribution in [0.15, 0.2) is 89.5 Å². The van der Waals surface area contributed by atoms with E-state index in [2.05, 4.69) is 58.8 Å². The third kappa shape index (κ3) is 3.83. The summed E-state index contributed by atoms with van der Waals surface area (Å²) in [7, 11) is 0. The first kappa shape index (κ1) is 20.9. The average molecular weight is 449 g/mol. The largest absolute Gasteiger partial charge is 0.441 e. The van der Waals surface area contributed by atoms with Gasteiger partial charge in [-0.3, -0.25) is 4.79 Å². The summed E-state index contributed by atoms with van der Waals surface area (Å²) in [4.78, 5) is 17.0. The van der Waals surface area contributed by atoms with Crippen LogP contribution in [0.25, 0.3) is 11.3 Å². The fraction of sp³-hybridized carbons (Fsp3) is 0.267. The van der Waals surface area contributed by atoms with Crippen LogP contribution in [0.2, 0.25) is 0 Å². The summed E-state index contributed by atoms with van der Waals surface area (Å²) in [6, 6.07) is 27.7. The van der Waals surface area contributed by atoms with Crippen LogP contribution in [0.5, 0.6) is 0 Å². The molecule has 0 fully saturated rings. The van der Waals surface area contributed by atoms with Crippen molar-refractivity contribution in [3.63, 3.8) is 0 Å². The predicted molar refractivity (Wildman–Crippen MR) is 133 cm³/mol. The quantitative estimate of drug-likeness (QED) is 0.373. The van der Waals surface area contributed by atoms with Crippen molar-refractivity contribution in [3.8, 4) is 11.3 Å². The van der Waals surface area contributed by atoms with Gasteiger partial charge >= 0.3 is 0 Å². The molecule has 1 atom stereocenters. The van der Waals surface area contributed by atoms with E-state index in [1.165, 1.54) is 22.3 Å². The lowest BCUT2D eigenvalue weighted by Gasteiger charge is -2.45. The Hall–Kier alpha value is -3.66. The Bertz CT molecular complexity index is 1260. The zero-order valence-corrected chi connectivity index (χ0v) is 19.1. The van der Waals surface area contributed by atoms with Gasteiger partial charge in [-0.25, -0.2) is 4.98 Å². The predicted octanol–water partition coefficient (Wildman–Crippen LogP) is 6.08. The molecule has 3 aliphatic rings. The Morgan fingerprint density at radius 1 is 0.882 bits per heavy atom. The maximum atomic E-state index is 12.6. The summed E-state index contributed by atoms with van der Waals surface area (Å²) in [5, 5.41) is 3.23. The molecule has 4 heteroatoms. The Balaban J connectivity index is 1.05. The fourth-order valence-corrected chi connectivity index (χ4v) is 5.86. The number of aryl methyl sites for hydroxylation is 1. The Morgan fingerprint density at radius 3 is 2.24 bits per heavy atom. The second-order valence-corrected chi connectivity index (χ2v) is 9.43. The molecule has 2 bridgehead atoms. The number of carbonyl (C=O) groups excluding carboxylic acids is 1. The number of nitrogens with one attached hydrogen (secondary N) is 1. The van der Waals surface area contributed by atoms with Crippen LogP contribution in [0.1, 0.15) is 59.2 Å². The minimum Gasteiger partial charge on any atom is -0.441 e. The molecule has 170 valence electrons. The Morgan fingerprint density at radius 2 is 1.53 bits per heavy atom. The summed E-state index contributed by atoms with van der Waals surface area (Å²) >= 11 is 0. The van der Waals surface area contributed by atoms with Gasteiger partial charge < -0.3 is 9.73 Å². The Kier molecular flexibility index (Phi) is 5.50. The van der Waals surface area contributed by atoms with Crippen molar-refractivity contribution in [2.75, 3.05) is 6.54 Å². The van der Waals surface area contributed by atoms with Crippen molar-refractivity contribution in [1.82, 2.24) is 10.3 Å². The van der Waals surface area contributed by atoms with E-state index in [-0.39, 0.29) is 5.91 Å². The van der Waals surface area contributed by atoms with Crippen LogP contribution >= 0.6 is 0 Å². The summed E-state index contributed by atoms with van der Waals surface area (Å²) in [6.45, 7) is 0.722. The van der Waals surface area contributed by atoms with E-state index in [4.69, 9.17) is 4.42 Å². The lowest BCUT2D eigenvalue weighted by Crippen LogP contribution is -2.39. The lowest BCUT2D eigenvalue weighted by molar-refractivity contribution is -0.121.